The minimum atomic E-state index is -1.83. The second-order valence-corrected chi connectivity index (χ2v) is 0.283. The fourth-order valence-corrected chi connectivity index (χ4v) is 0. The molecule has 0 saturated carbocycles. The van der Waals surface area contributed by atoms with Crippen LogP contribution >= 0.6 is 0 Å². The van der Waals surface area contributed by atoms with E-state index in [1.54, 1.807) is 0 Å². The quantitative estimate of drug-likeness (QED) is 0.515. The first kappa shape index (κ1) is 23.2. The molecule has 0 aromatic rings. The van der Waals surface area contributed by atoms with Crippen LogP contribution in [0.1, 0.15) is 5.71 Å². The molecular weight excluding hydrogens is 176 g/mol. The Morgan fingerprint density at radius 3 is 1.43 bits per heavy atom. The van der Waals surface area contributed by atoms with E-state index in [0.717, 1.165) is 0 Å². The first-order valence-corrected chi connectivity index (χ1v) is 0.651. The van der Waals surface area contributed by atoms with Crippen LogP contribution in [0.25, 0.3) is 0 Å². The zero-order chi connectivity index (χ0) is 3.58. The van der Waals surface area contributed by atoms with E-state index < -0.39 is 6.16 Å². The average molecular weight is 182 g/mol. The van der Waals surface area contributed by atoms with Gasteiger partial charge in [0, 0.05) is 17.4 Å². The van der Waals surface area contributed by atoms with Crippen LogP contribution in [0.4, 0.5) is 4.79 Å². The summed E-state index contributed by atoms with van der Waals surface area (Å²) in [4.78, 5) is 8.56. The molecule has 2 N–H and O–H groups in total. The molecule has 0 radical (unpaired) electrons. The van der Waals surface area contributed by atoms with Crippen molar-refractivity contribution in [1.29, 1.82) is 0 Å². The third kappa shape index (κ3) is 79.5. The molecule has 0 aliphatic rings. The molecule has 3 nitrogen and oxygen atoms in total. The van der Waals surface area contributed by atoms with Crippen molar-refractivity contribution in [2.75, 3.05) is 0 Å². The van der Waals surface area contributed by atoms with Crippen LogP contribution in [0.3, 0.4) is 0 Å². The summed E-state index contributed by atoms with van der Waals surface area (Å²) in [5.41, 5.74) is 0. The van der Waals surface area contributed by atoms with Crippen LogP contribution in [-0.4, -0.2) is 77.2 Å². The Morgan fingerprint density at radius 1 is 1.43 bits per heavy atom. The zero-order valence-electron chi connectivity index (χ0n) is 7.63. The van der Waals surface area contributed by atoms with Crippen LogP contribution in [0.15, 0.2) is 0 Å². The third-order valence-corrected chi connectivity index (χ3v) is 0. The van der Waals surface area contributed by atoms with Gasteiger partial charge in [0.25, 0.3) is 0 Å². The molecule has 0 saturated heterocycles. The zero-order valence-corrected chi connectivity index (χ0v) is 8.52. The van der Waals surface area contributed by atoms with E-state index >= 15 is 0 Å². The molecule has 0 bridgehead atoms. The molecule has 7 heavy (non-hydrogen) atoms. The fraction of sp³-hybridized carbons (Fsp3) is 0. The van der Waals surface area contributed by atoms with Gasteiger partial charge in [-0.1, -0.05) is 0 Å². The maximum absolute atomic E-state index is 8.56. The van der Waals surface area contributed by atoms with Gasteiger partial charge in [-0.05, 0) is 0 Å². The minimum absolute atomic E-state index is 0. The Balaban J connectivity index is -0.00000000214. The second kappa shape index (κ2) is 15.7. The van der Waals surface area contributed by atoms with Crippen molar-refractivity contribution in [3.8, 4) is 0 Å². The van der Waals surface area contributed by atoms with Crippen LogP contribution in [0.2, 0.25) is 0 Å². The molecule has 38 valence electrons. The van der Waals surface area contributed by atoms with Crippen molar-refractivity contribution in [2.24, 2.45) is 0 Å². The summed E-state index contributed by atoms with van der Waals surface area (Å²) < 4.78 is 0. The van der Waals surface area contributed by atoms with Crippen molar-refractivity contribution in [2.45, 2.75) is 0 Å². The van der Waals surface area contributed by atoms with E-state index in [1.807, 2.05) is 0 Å². The average Bonchev–Trinajstić information content (AvgIpc) is 0.811. The summed E-state index contributed by atoms with van der Waals surface area (Å²) >= 11 is 0. The van der Waals surface area contributed by atoms with Gasteiger partial charge in [0.15, 0.2) is 0 Å². The van der Waals surface area contributed by atoms with E-state index in [4.69, 9.17) is 15.0 Å². The van der Waals surface area contributed by atoms with Gasteiger partial charge in [-0.2, -0.15) is 0 Å². The largest absolute Gasteiger partial charge is 2.00 e. The molecule has 0 atom stereocenters. The van der Waals surface area contributed by atoms with Crippen molar-refractivity contribution < 1.29 is 38.1 Å². The number of hydrogen-bond donors (Lipinski definition) is 2. The fourth-order valence-electron chi connectivity index (χ4n) is 0. The molecule has 6 heteroatoms. The molecule has 0 aliphatic carbocycles. The molecule has 0 aliphatic heterocycles. The van der Waals surface area contributed by atoms with Gasteiger partial charge in [0.2, 0.25) is 0 Å². The Hall–Kier alpha value is 1.83. The number of rotatable bonds is 0. The Morgan fingerprint density at radius 2 is 1.43 bits per heavy atom. The molecule has 0 spiro atoms. The van der Waals surface area contributed by atoms with Gasteiger partial charge in [0.1, 0.15) is 0 Å². The molecule has 0 aromatic carbocycles. The predicted molar refractivity (Wildman–Crippen MR) is 26.6 cm³/mol. The Bertz CT molecular complexity index is 48.3. The van der Waals surface area contributed by atoms with Crippen LogP contribution < -0.4 is 0 Å². The van der Waals surface area contributed by atoms with Gasteiger partial charge in [-0.15, -0.1) is 0 Å². The molecule has 0 amide bonds. The van der Waals surface area contributed by atoms with Gasteiger partial charge in [-0.25, -0.2) is 4.79 Å². The molecular formula is CH6CaCrMgO3. The van der Waals surface area contributed by atoms with Crippen molar-refractivity contribution >= 4 is 66.9 Å². The SMILES string of the molecule is O=C(O)O.[Ca+2].[Cr].[H-].[H-].[H-].[H-].[Mg+2]. The first-order chi connectivity index (χ1) is 1.73. The third-order valence-electron chi connectivity index (χ3n) is 0. The molecule has 0 fully saturated rings. The monoisotopic (exact) mass is 182 g/mol. The van der Waals surface area contributed by atoms with Crippen molar-refractivity contribution in [3.63, 3.8) is 0 Å². The summed E-state index contributed by atoms with van der Waals surface area (Å²) in [7, 11) is 0. The summed E-state index contributed by atoms with van der Waals surface area (Å²) in [6.07, 6.45) is -1.83. The normalized spacial score (nSPS) is 3.43. The van der Waals surface area contributed by atoms with Gasteiger partial charge >= 0.3 is 66.9 Å². The van der Waals surface area contributed by atoms with Crippen molar-refractivity contribution in [1.82, 2.24) is 0 Å². The maximum Gasteiger partial charge on any atom is 2.00 e. The summed E-state index contributed by atoms with van der Waals surface area (Å²) in [5, 5.41) is 13.9. The van der Waals surface area contributed by atoms with E-state index in [0.29, 0.717) is 0 Å². The standard InChI is InChI=1S/CH2O3.Ca.Cr.Mg.4H/c2-1(3)4;;;;;;;/h(H2,2,3,4);;;;;;;/q;+2;;+2;4*-1. The van der Waals surface area contributed by atoms with E-state index in [9.17, 15) is 0 Å². The van der Waals surface area contributed by atoms with Gasteiger partial charge in [-0.3, -0.25) is 0 Å². The van der Waals surface area contributed by atoms with E-state index in [2.05, 4.69) is 0 Å². The Labute approximate surface area is 104 Å². The van der Waals surface area contributed by atoms with Crippen LogP contribution in [0, 0.1) is 0 Å². The predicted octanol–water partition coefficient (Wildman–Crippen LogP) is -0.0917. The second-order valence-electron chi connectivity index (χ2n) is 0.283. The van der Waals surface area contributed by atoms with Crippen LogP contribution in [-0.2, 0) is 17.4 Å². The van der Waals surface area contributed by atoms with Gasteiger partial charge < -0.3 is 15.9 Å². The molecule has 0 heterocycles. The van der Waals surface area contributed by atoms with E-state index in [1.165, 1.54) is 0 Å². The molecule has 0 aromatic heterocycles. The summed E-state index contributed by atoms with van der Waals surface area (Å²) in [6, 6.07) is 0. The summed E-state index contributed by atoms with van der Waals surface area (Å²) in [5.74, 6) is 0. The number of hydrogen-bond acceptors (Lipinski definition) is 1. The number of carboxylic acid groups (broad SMARTS) is 2. The smallest absolute Gasteiger partial charge is 1.00 e. The van der Waals surface area contributed by atoms with Crippen LogP contribution in [0.5, 0.6) is 0 Å². The van der Waals surface area contributed by atoms with E-state index in [-0.39, 0.29) is 83.9 Å². The van der Waals surface area contributed by atoms with Gasteiger partial charge in [0.05, 0.1) is 0 Å². The molecule has 0 unspecified atom stereocenters. The first-order valence-electron chi connectivity index (χ1n) is 0.651. The summed E-state index contributed by atoms with van der Waals surface area (Å²) in [6.45, 7) is 0. The van der Waals surface area contributed by atoms with Crippen molar-refractivity contribution in [3.05, 3.63) is 0 Å². The topological polar surface area (TPSA) is 57.5 Å². The Kier molecular flexibility index (Phi) is 51.9. The number of carbonyl (C=O) groups is 1. The maximum atomic E-state index is 8.56. The molecule has 0 rings (SSSR count). The minimum Gasteiger partial charge on any atom is -1.00 e.